The molecule has 5 N–H and O–H groups in total. The molecule has 1 fully saturated rings. The third-order valence-corrected chi connectivity index (χ3v) is 3.69. The van der Waals surface area contributed by atoms with Crippen LogP contribution in [0.3, 0.4) is 0 Å². The molecule has 0 radical (unpaired) electrons. The van der Waals surface area contributed by atoms with Crippen LogP contribution in [0.25, 0.3) is 0 Å². The molecule has 1 aliphatic heterocycles. The first-order valence-corrected chi connectivity index (χ1v) is 5.60. The minimum absolute atomic E-state index is 0.123. The van der Waals surface area contributed by atoms with Gasteiger partial charge in [-0.05, 0) is 0 Å². The molecule has 0 bridgehead atoms. The molecule has 6 nitrogen and oxygen atoms in total. The Morgan fingerprint density at radius 3 is 2.27 bits per heavy atom. The van der Waals surface area contributed by atoms with Gasteiger partial charge in [0.15, 0.2) is 4.93 Å². The first-order chi connectivity index (χ1) is 7.11. The van der Waals surface area contributed by atoms with E-state index >= 15 is 0 Å². The van der Waals surface area contributed by atoms with Crippen molar-refractivity contribution in [3.05, 3.63) is 0 Å². The highest BCUT2D eigenvalue weighted by molar-refractivity contribution is 8.00. The molecule has 0 aromatic heterocycles. The molecule has 1 aliphatic rings. The molecule has 4 atom stereocenters. The fourth-order valence-corrected chi connectivity index (χ4v) is 2.55. The molecule has 0 aromatic rings. The van der Waals surface area contributed by atoms with E-state index in [4.69, 9.17) is 20.1 Å². The topological polar surface area (TPSA) is 110 Å². The van der Waals surface area contributed by atoms with E-state index in [1.54, 1.807) is 0 Å². The lowest BCUT2D eigenvalue weighted by Crippen LogP contribution is -2.43. The van der Waals surface area contributed by atoms with Gasteiger partial charge in [0.05, 0.1) is 19.8 Å². The Kier molecular flexibility index (Phi) is 4.78. The summed E-state index contributed by atoms with van der Waals surface area (Å²) in [7, 11) is 0. The maximum atomic E-state index is 9.69. The van der Waals surface area contributed by atoms with Gasteiger partial charge in [-0.25, -0.2) is 0 Å². The average molecular weight is 240 g/mol. The molecule has 90 valence electrons. The van der Waals surface area contributed by atoms with Crippen LogP contribution in [0, 0.1) is 0 Å². The van der Waals surface area contributed by atoms with Crippen molar-refractivity contribution < 1.29 is 30.3 Å². The van der Waals surface area contributed by atoms with Crippen LogP contribution in [0.5, 0.6) is 0 Å². The highest BCUT2D eigenvalue weighted by Crippen LogP contribution is 2.39. The van der Waals surface area contributed by atoms with Crippen molar-refractivity contribution in [1.82, 2.24) is 0 Å². The van der Waals surface area contributed by atoms with E-state index in [0.717, 1.165) is 11.8 Å². The Morgan fingerprint density at radius 2 is 1.87 bits per heavy atom. The number of rotatable bonds is 5. The molecule has 0 saturated carbocycles. The lowest BCUT2D eigenvalue weighted by atomic mass is 10.1. The predicted molar refractivity (Wildman–Crippen MR) is 53.3 cm³/mol. The van der Waals surface area contributed by atoms with Crippen molar-refractivity contribution >= 4 is 11.8 Å². The van der Waals surface area contributed by atoms with Gasteiger partial charge in [0.1, 0.15) is 18.3 Å². The summed E-state index contributed by atoms with van der Waals surface area (Å²) in [5.41, 5.74) is 0. The quantitative estimate of drug-likeness (QED) is 0.362. The van der Waals surface area contributed by atoms with Gasteiger partial charge in [-0.2, -0.15) is 0 Å². The maximum Gasteiger partial charge on any atom is 0.165 e. The van der Waals surface area contributed by atoms with Crippen LogP contribution in [-0.2, 0) is 4.74 Å². The van der Waals surface area contributed by atoms with Gasteiger partial charge in [0.25, 0.3) is 0 Å². The zero-order valence-electron chi connectivity index (χ0n) is 8.11. The zero-order chi connectivity index (χ0) is 11.5. The monoisotopic (exact) mass is 240 g/mol. The minimum Gasteiger partial charge on any atom is -0.396 e. The summed E-state index contributed by atoms with van der Waals surface area (Å²) < 4.78 is 5.23. The van der Waals surface area contributed by atoms with Crippen LogP contribution >= 0.6 is 11.8 Å². The summed E-state index contributed by atoms with van der Waals surface area (Å²) in [6.07, 6.45) is -3.41. The number of hydrogen-bond acceptors (Lipinski definition) is 7. The Hall–Kier alpha value is 0.110. The molecule has 15 heavy (non-hydrogen) atoms. The van der Waals surface area contributed by atoms with E-state index < -0.39 is 36.5 Å². The predicted octanol–water partition coefficient (Wildman–Crippen LogP) is -2.49. The standard InChI is InChI=1S/C8H16O6S/c9-1-2-15-8(4-11)7(13)6(12)5(3-10)14-8/h5-7,9-13H,1-4H2/t5-,6-,7+,8+/m1/s1. The Morgan fingerprint density at radius 1 is 1.20 bits per heavy atom. The van der Waals surface area contributed by atoms with Crippen LogP contribution in [-0.4, -0.2) is 74.4 Å². The summed E-state index contributed by atoms with van der Waals surface area (Å²) in [4.78, 5) is -1.35. The van der Waals surface area contributed by atoms with Gasteiger partial charge in [0.2, 0.25) is 0 Å². The fraction of sp³-hybridized carbons (Fsp3) is 1.00. The fourth-order valence-electron chi connectivity index (χ4n) is 1.52. The zero-order valence-corrected chi connectivity index (χ0v) is 8.93. The van der Waals surface area contributed by atoms with Gasteiger partial charge in [-0.1, -0.05) is 0 Å². The van der Waals surface area contributed by atoms with Crippen molar-refractivity contribution in [2.75, 3.05) is 25.6 Å². The SMILES string of the molecule is OCCS[C@]1(CO)O[C@H](CO)[C@@H](O)[C@@H]1O. The van der Waals surface area contributed by atoms with Crippen molar-refractivity contribution in [3.63, 3.8) is 0 Å². The molecule has 7 heteroatoms. The van der Waals surface area contributed by atoms with Crippen LogP contribution in [0.15, 0.2) is 0 Å². The molecular formula is C8H16O6S. The summed E-state index contributed by atoms with van der Waals surface area (Å²) in [6.45, 7) is -1.05. The molecule has 1 rings (SSSR count). The van der Waals surface area contributed by atoms with E-state index in [9.17, 15) is 10.2 Å². The lowest BCUT2D eigenvalue weighted by Gasteiger charge is -2.29. The van der Waals surface area contributed by atoms with E-state index in [1.165, 1.54) is 0 Å². The average Bonchev–Trinajstić information content (AvgIpc) is 2.51. The van der Waals surface area contributed by atoms with E-state index in [0.29, 0.717) is 0 Å². The second kappa shape index (κ2) is 5.44. The van der Waals surface area contributed by atoms with Crippen LogP contribution < -0.4 is 0 Å². The highest BCUT2D eigenvalue weighted by atomic mass is 32.2. The van der Waals surface area contributed by atoms with Crippen LogP contribution in [0.1, 0.15) is 0 Å². The Balaban J connectivity index is 2.72. The van der Waals surface area contributed by atoms with E-state index in [1.807, 2.05) is 0 Å². The first-order valence-electron chi connectivity index (χ1n) is 4.61. The molecule has 0 amide bonds. The number of thioether (sulfide) groups is 1. The summed E-state index contributed by atoms with van der Waals surface area (Å²) in [5, 5.41) is 45.9. The molecular weight excluding hydrogens is 224 g/mol. The van der Waals surface area contributed by atoms with Gasteiger partial charge in [-0.15, -0.1) is 11.8 Å². The summed E-state index contributed by atoms with van der Waals surface area (Å²) in [6, 6.07) is 0. The Labute approximate surface area is 91.5 Å². The maximum absolute atomic E-state index is 9.69. The Bertz CT molecular complexity index is 204. The first kappa shape index (κ1) is 13.2. The molecule has 0 unspecified atom stereocenters. The van der Waals surface area contributed by atoms with Crippen molar-refractivity contribution in [1.29, 1.82) is 0 Å². The lowest BCUT2D eigenvalue weighted by molar-refractivity contribution is -0.0602. The number of aliphatic hydroxyl groups excluding tert-OH is 5. The van der Waals surface area contributed by atoms with Gasteiger partial charge in [0, 0.05) is 5.75 Å². The normalized spacial score (nSPS) is 41.0. The second-order valence-corrected chi connectivity index (χ2v) is 4.70. The molecule has 1 heterocycles. The van der Waals surface area contributed by atoms with Crippen molar-refractivity contribution in [3.8, 4) is 0 Å². The summed E-state index contributed by atoms with van der Waals surface area (Å²) >= 11 is 1.02. The third kappa shape index (κ3) is 2.44. The third-order valence-electron chi connectivity index (χ3n) is 2.34. The highest BCUT2D eigenvalue weighted by Gasteiger charge is 2.53. The van der Waals surface area contributed by atoms with Gasteiger partial charge in [-0.3, -0.25) is 0 Å². The smallest absolute Gasteiger partial charge is 0.165 e. The van der Waals surface area contributed by atoms with Gasteiger partial charge >= 0.3 is 0 Å². The minimum atomic E-state index is -1.35. The van der Waals surface area contributed by atoms with Crippen molar-refractivity contribution in [2.24, 2.45) is 0 Å². The van der Waals surface area contributed by atoms with E-state index in [-0.39, 0.29) is 12.4 Å². The van der Waals surface area contributed by atoms with E-state index in [2.05, 4.69) is 0 Å². The molecule has 0 aliphatic carbocycles. The largest absolute Gasteiger partial charge is 0.396 e. The number of aliphatic hydroxyl groups is 5. The number of hydrogen-bond donors (Lipinski definition) is 5. The van der Waals surface area contributed by atoms with Crippen molar-refractivity contribution in [2.45, 2.75) is 23.2 Å². The number of ether oxygens (including phenoxy) is 1. The van der Waals surface area contributed by atoms with Gasteiger partial charge < -0.3 is 30.3 Å². The molecule has 0 spiro atoms. The molecule has 0 aromatic carbocycles. The van der Waals surface area contributed by atoms with Crippen LogP contribution in [0.2, 0.25) is 0 Å². The molecule has 1 saturated heterocycles. The summed E-state index contributed by atoms with van der Waals surface area (Å²) in [5.74, 6) is 0.266. The van der Waals surface area contributed by atoms with Crippen LogP contribution in [0.4, 0.5) is 0 Å². The second-order valence-electron chi connectivity index (χ2n) is 3.32.